The first-order valence-corrected chi connectivity index (χ1v) is 11.0. The van der Waals surface area contributed by atoms with Crippen LogP contribution in [-0.2, 0) is 28.9 Å². The SMILES string of the molecule is CC[C@@H](C(=O)Nc1ccc2c(c1)n(C)c(=O)n2C)N(c1ccccc1)S(C)(=O)=O. The van der Waals surface area contributed by atoms with Crippen molar-refractivity contribution >= 4 is 38.3 Å². The lowest BCUT2D eigenvalue weighted by Crippen LogP contribution is -2.46. The zero-order chi connectivity index (χ0) is 21.3. The van der Waals surface area contributed by atoms with E-state index in [1.807, 2.05) is 0 Å². The number of anilines is 2. The topological polar surface area (TPSA) is 93.4 Å². The molecule has 154 valence electrons. The summed E-state index contributed by atoms with van der Waals surface area (Å²) in [5.41, 5.74) is 2.17. The molecule has 0 aliphatic carbocycles. The average Bonchev–Trinajstić information content (AvgIpc) is 2.89. The molecule has 0 saturated heterocycles. The number of carbonyl (C=O) groups is 1. The second kappa shape index (κ2) is 7.75. The van der Waals surface area contributed by atoms with Gasteiger partial charge in [0.15, 0.2) is 0 Å². The number of aromatic nitrogens is 2. The first-order valence-electron chi connectivity index (χ1n) is 9.16. The molecule has 3 rings (SSSR count). The minimum absolute atomic E-state index is 0.165. The van der Waals surface area contributed by atoms with E-state index in [4.69, 9.17) is 0 Å². The minimum Gasteiger partial charge on any atom is -0.324 e. The van der Waals surface area contributed by atoms with Gasteiger partial charge in [-0.1, -0.05) is 25.1 Å². The third-order valence-electron chi connectivity index (χ3n) is 4.88. The Morgan fingerprint density at radius 1 is 1.07 bits per heavy atom. The fourth-order valence-electron chi connectivity index (χ4n) is 3.45. The fraction of sp³-hybridized carbons (Fsp3) is 0.300. The van der Waals surface area contributed by atoms with E-state index in [0.717, 1.165) is 16.1 Å². The highest BCUT2D eigenvalue weighted by atomic mass is 32.2. The van der Waals surface area contributed by atoms with Crippen LogP contribution in [0.4, 0.5) is 11.4 Å². The van der Waals surface area contributed by atoms with Crippen LogP contribution in [0, 0.1) is 0 Å². The average molecular weight is 417 g/mol. The quantitative estimate of drug-likeness (QED) is 0.666. The summed E-state index contributed by atoms with van der Waals surface area (Å²) in [5.74, 6) is -0.443. The van der Waals surface area contributed by atoms with E-state index in [1.54, 1.807) is 69.6 Å². The summed E-state index contributed by atoms with van der Waals surface area (Å²) in [4.78, 5) is 25.1. The third kappa shape index (κ3) is 3.91. The summed E-state index contributed by atoms with van der Waals surface area (Å²) in [5, 5.41) is 2.79. The van der Waals surface area contributed by atoms with Crippen molar-refractivity contribution < 1.29 is 13.2 Å². The van der Waals surface area contributed by atoms with Gasteiger partial charge in [0.05, 0.1) is 23.0 Å². The predicted octanol–water partition coefficient (Wildman–Crippen LogP) is 2.06. The molecule has 8 nitrogen and oxygen atoms in total. The van der Waals surface area contributed by atoms with Crippen LogP contribution in [0.5, 0.6) is 0 Å². The van der Waals surface area contributed by atoms with Crippen LogP contribution in [-0.4, -0.2) is 35.8 Å². The number of nitrogens with one attached hydrogen (secondary N) is 1. The largest absolute Gasteiger partial charge is 0.328 e. The van der Waals surface area contributed by atoms with Crippen LogP contribution in [0.25, 0.3) is 11.0 Å². The normalized spacial score (nSPS) is 12.7. The van der Waals surface area contributed by atoms with Crippen LogP contribution in [0.1, 0.15) is 13.3 Å². The number of nitrogens with zero attached hydrogens (tertiary/aromatic N) is 3. The van der Waals surface area contributed by atoms with Crippen molar-refractivity contribution in [3.63, 3.8) is 0 Å². The second-order valence-electron chi connectivity index (χ2n) is 6.91. The van der Waals surface area contributed by atoms with Crippen molar-refractivity contribution in [3.05, 3.63) is 59.0 Å². The molecule has 0 radical (unpaired) electrons. The Morgan fingerprint density at radius 3 is 2.28 bits per heavy atom. The molecule has 1 aromatic heterocycles. The Bertz CT molecular complexity index is 1210. The molecule has 1 atom stereocenters. The van der Waals surface area contributed by atoms with Gasteiger partial charge in [0.1, 0.15) is 6.04 Å². The van der Waals surface area contributed by atoms with Crippen molar-refractivity contribution in [2.24, 2.45) is 14.1 Å². The van der Waals surface area contributed by atoms with Crippen LogP contribution in [0.2, 0.25) is 0 Å². The summed E-state index contributed by atoms with van der Waals surface area (Å²) in [6, 6.07) is 12.8. The van der Waals surface area contributed by atoms with Crippen molar-refractivity contribution in [1.82, 2.24) is 9.13 Å². The summed E-state index contributed by atoms with van der Waals surface area (Å²) in [6.45, 7) is 1.76. The Morgan fingerprint density at radius 2 is 1.69 bits per heavy atom. The number of rotatable bonds is 6. The van der Waals surface area contributed by atoms with Gasteiger partial charge in [-0.2, -0.15) is 0 Å². The van der Waals surface area contributed by atoms with Gasteiger partial charge in [0.25, 0.3) is 0 Å². The number of carbonyl (C=O) groups excluding carboxylic acids is 1. The number of hydrogen-bond acceptors (Lipinski definition) is 4. The van der Waals surface area contributed by atoms with Gasteiger partial charge >= 0.3 is 5.69 Å². The summed E-state index contributed by atoms with van der Waals surface area (Å²) < 4.78 is 29.1. The fourth-order valence-corrected chi connectivity index (χ4v) is 4.66. The molecule has 1 amide bonds. The highest BCUT2D eigenvalue weighted by molar-refractivity contribution is 7.92. The first-order chi connectivity index (χ1) is 13.6. The number of amides is 1. The highest BCUT2D eigenvalue weighted by Gasteiger charge is 2.31. The molecular formula is C20H24N4O4S. The maximum Gasteiger partial charge on any atom is 0.328 e. The van der Waals surface area contributed by atoms with Crippen LogP contribution in [0.3, 0.4) is 0 Å². The van der Waals surface area contributed by atoms with Gasteiger partial charge in [-0.05, 0) is 36.8 Å². The summed E-state index contributed by atoms with van der Waals surface area (Å²) >= 11 is 0. The number of hydrogen-bond donors (Lipinski definition) is 1. The smallest absolute Gasteiger partial charge is 0.324 e. The lowest BCUT2D eigenvalue weighted by molar-refractivity contribution is -0.117. The first kappa shape index (κ1) is 20.7. The number of aryl methyl sites for hydroxylation is 2. The Hall–Kier alpha value is -3.07. The Labute approximate surface area is 169 Å². The molecule has 0 unspecified atom stereocenters. The number of sulfonamides is 1. The van der Waals surface area contributed by atoms with Crippen molar-refractivity contribution in [3.8, 4) is 0 Å². The van der Waals surface area contributed by atoms with Crippen molar-refractivity contribution in [2.75, 3.05) is 15.9 Å². The molecule has 0 bridgehead atoms. The molecule has 0 spiro atoms. The van der Waals surface area contributed by atoms with Gasteiger partial charge < -0.3 is 5.32 Å². The molecule has 1 heterocycles. The minimum atomic E-state index is -3.69. The zero-order valence-electron chi connectivity index (χ0n) is 16.8. The summed E-state index contributed by atoms with van der Waals surface area (Å²) in [7, 11) is -0.347. The third-order valence-corrected chi connectivity index (χ3v) is 6.06. The Balaban J connectivity index is 1.96. The number of imidazole rings is 1. The molecular weight excluding hydrogens is 392 g/mol. The maximum atomic E-state index is 13.0. The molecule has 9 heteroatoms. The molecule has 1 N–H and O–H groups in total. The maximum absolute atomic E-state index is 13.0. The van der Waals surface area contributed by atoms with E-state index in [2.05, 4.69) is 5.32 Å². The van der Waals surface area contributed by atoms with Crippen LogP contribution >= 0.6 is 0 Å². The number of benzene rings is 2. The van der Waals surface area contributed by atoms with Crippen LogP contribution < -0.4 is 15.3 Å². The van der Waals surface area contributed by atoms with Crippen LogP contribution in [0.15, 0.2) is 53.3 Å². The van der Waals surface area contributed by atoms with E-state index in [-0.39, 0.29) is 5.69 Å². The van der Waals surface area contributed by atoms with Crippen molar-refractivity contribution in [2.45, 2.75) is 19.4 Å². The highest BCUT2D eigenvalue weighted by Crippen LogP contribution is 2.24. The zero-order valence-corrected chi connectivity index (χ0v) is 17.6. The van der Waals surface area contributed by atoms with Crippen molar-refractivity contribution in [1.29, 1.82) is 0 Å². The van der Waals surface area contributed by atoms with Gasteiger partial charge in [-0.25, -0.2) is 13.2 Å². The standard InChI is InChI=1S/C20H24N4O4S/c1-5-16(24(29(4,27)28)15-9-7-6-8-10-15)19(25)21-14-11-12-17-18(13-14)23(3)20(26)22(17)2/h6-13,16H,5H2,1-4H3,(H,21,25)/t16-/m0/s1. The van der Waals surface area contributed by atoms with E-state index in [1.165, 1.54) is 9.13 Å². The number of fused-ring (bicyclic) bond motifs is 1. The molecule has 29 heavy (non-hydrogen) atoms. The number of para-hydroxylation sites is 1. The molecule has 0 fully saturated rings. The van der Waals surface area contributed by atoms with E-state index >= 15 is 0 Å². The van der Waals surface area contributed by atoms with E-state index < -0.39 is 22.0 Å². The van der Waals surface area contributed by atoms with Gasteiger partial charge in [-0.15, -0.1) is 0 Å². The van der Waals surface area contributed by atoms with Gasteiger partial charge in [0.2, 0.25) is 15.9 Å². The lowest BCUT2D eigenvalue weighted by atomic mass is 10.1. The monoisotopic (exact) mass is 416 g/mol. The second-order valence-corrected chi connectivity index (χ2v) is 8.77. The molecule has 0 aliphatic heterocycles. The molecule has 2 aromatic carbocycles. The predicted molar refractivity (Wildman–Crippen MR) is 115 cm³/mol. The van der Waals surface area contributed by atoms with E-state index in [9.17, 15) is 18.0 Å². The lowest BCUT2D eigenvalue weighted by Gasteiger charge is -2.30. The van der Waals surface area contributed by atoms with E-state index in [0.29, 0.717) is 23.3 Å². The summed E-state index contributed by atoms with van der Waals surface area (Å²) in [6.07, 6.45) is 1.38. The van der Waals surface area contributed by atoms with Gasteiger partial charge in [-0.3, -0.25) is 18.2 Å². The molecule has 0 aliphatic rings. The Kier molecular flexibility index (Phi) is 5.52. The van der Waals surface area contributed by atoms with Gasteiger partial charge in [0, 0.05) is 19.8 Å². The molecule has 3 aromatic rings. The molecule has 0 saturated carbocycles.